The zero-order valence-electron chi connectivity index (χ0n) is 26.7. The van der Waals surface area contributed by atoms with Crippen molar-refractivity contribution in [1.82, 2.24) is 14.5 Å². The third kappa shape index (κ3) is 9.65. The number of amides is 3. The molecule has 2 aromatic carbocycles. The highest BCUT2D eigenvalue weighted by Crippen LogP contribution is 2.29. The first-order valence-corrected chi connectivity index (χ1v) is 16.7. The van der Waals surface area contributed by atoms with Crippen molar-refractivity contribution in [2.75, 3.05) is 38.7 Å². The van der Waals surface area contributed by atoms with Gasteiger partial charge in [0, 0.05) is 44.4 Å². The van der Waals surface area contributed by atoms with E-state index in [1.165, 1.54) is 11.4 Å². The van der Waals surface area contributed by atoms with Gasteiger partial charge in [0.2, 0.25) is 10.0 Å². The number of aliphatic hydroxyl groups excluding tert-OH is 1. The number of rotatable bonds is 8. The van der Waals surface area contributed by atoms with Gasteiger partial charge in [0.05, 0.1) is 35.3 Å². The van der Waals surface area contributed by atoms with E-state index in [4.69, 9.17) is 9.47 Å². The van der Waals surface area contributed by atoms with E-state index in [2.05, 4.69) is 10.6 Å². The van der Waals surface area contributed by atoms with E-state index in [0.29, 0.717) is 24.5 Å². The van der Waals surface area contributed by atoms with Crippen LogP contribution in [-0.2, 0) is 14.8 Å². The lowest BCUT2D eigenvalue weighted by atomic mass is 10.0. The van der Waals surface area contributed by atoms with Crippen molar-refractivity contribution in [2.45, 2.75) is 83.1 Å². The third-order valence-electron chi connectivity index (χ3n) is 7.62. The number of nitrogens with one attached hydrogen (secondary N) is 2. The number of hydrogen-bond donors (Lipinski definition) is 3. The number of carbonyl (C=O) groups is 2. The Hall–Kier alpha value is -3.19. The van der Waals surface area contributed by atoms with Crippen molar-refractivity contribution >= 4 is 27.6 Å². The molecule has 44 heavy (non-hydrogen) atoms. The van der Waals surface area contributed by atoms with Crippen LogP contribution in [0, 0.1) is 5.92 Å². The molecule has 0 spiro atoms. The quantitative estimate of drug-likeness (QED) is 0.394. The number of likely N-dealkylation sites (N-methyl/N-ethyl adjacent to an activating group) is 1. The third-order valence-corrected chi connectivity index (χ3v) is 9.46. The summed E-state index contributed by atoms with van der Waals surface area (Å²) < 4.78 is 40.4. The molecule has 0 unspecified atom stereocenters. The van der Waals surface area contributed by atoms with Gasteiger partial charge in [-0.15, -0.1) is 0 Å². The Labute approximate surface area is 262 Å². The second-order valence-electron chi connectivity index (χ2n) is 11.9. The van der Waals surface area contributed by atoms with Crippen LogP contribution < -0.4 is 15.4 Å². The minimum atomic E-state index is -3.76. The van der Waals surface area contributed by atoms with Gasteiger partial charge < -0.3 is 30.1 Å². The maximum Gasteiger partial charge on any atom is 0.319 e. The van der Waals surface area contributed by atoms with Crippen molar-refractivity contribution in [3.05, 3.63) is 54.1 Å². The van der Waals surface area contributed by atoms with Gasteiger partial charge in [0.25, 0.3) is 5.91 Å². The molecule has 1 aliphatic rings. The minimum Gasteiger partial charge on any atom is -0.490 e. The first kappa shape index (κ1) is 35.3. The number of benzene rings is 2. The van der Waals surface area contributed by atoms with E-state index >= 15 is 0 Å². The number of carbonyl (C=O) groups excluding carboxylic acids is 2. The van der Waals surface area contributed by atoms with E-state index in [1.807, 2.05) is 27.7 Å². The molecule has 0 aromatic heterocycles. The summed E-state index contributed by atoms with van der Waals surface area (Å²) in [7, 11) is -2.23. The summed E-state index contributed by atoms with van der Waals surface area (Å²) in [4.78, 5) is 28.4. The molecule has 2 aromatic rings. The number of hydrogen-bond acceptors (Lipinski definition) is 7. The van der Waals surface area contributed by atoms with Gasteiger partial charge in [-0.25, -0.2) is 13.2 Å². The summed E-state index contributed by atoms with van der Waals surface area (Å²) in [5.74, 6) is -0.293. The largest absolute Gasteiger partial charge is 0.490 e. The maximum absolute atomic E-state index is 14.2. The zero-order valence-corrected chi connectivity index (χ0v) is 27.5. The number of aliphatic hydroxyl groups is 1. The first-order chi connectivity index (χ1) is 20.8. The summed E-state index contributed by atoms with van der Waals surface area (Å²) in [5.41, 5.74) is 0.677. The minimum absolute atomic E-state index is 0.0719. The van der Waals surface area contributed by atoms with Crippen LogP contribution in [0.2, 0.25) is 0 Å². The predicted molar refractivity (Wildman–Crippen MR) is 170 cm³/mol. The lowest BCUT2D eigenvalue weighted by Crippen LogP contribution is -2.48. The second kappa shape index (κ2) is 16.2. The molecule has 0 fully saturated rings. The number of ether oxygens (including phenoxy) is 2. The van der Waals surface area contributed by atoms with Gasteiger partial charge in [-0.1, -0.05) is 25.1 Å². The summed E-state index contributed by atoms with van der Waals surface area (Å²) >= 11 is 0. The van der Waals surface area contributed by atoms with Crippen LogP contribution in [-0.4, -0.2) is 92.3 Å². The van der Waals surface area contributed by atoms with Gasteiger partial charge in [-0.3, -0.25) is 4.79 Å². The number of anilines is 1. The fourth-order valence-corrected chi connectivity index (χ4v) is 6.22. The molecule has 12 heteroatoms. The van der Waals surface area contributed by atoms with Gasteiger partial charge in [0.15, 0.2) is 0 Å². The average molecular weight is 633 g/mol. The Morgan fingerprint density at radius 1 is 1.11 bits per heavy atom. The Morgan fingerprint density at radius 2 is 1.82 bits per heavy atom. The van der Waals surface area contributed by atoms with Crippen molar-refractivity contribution in [3.63, 3.8) is 0 Å². The zero-order chi connectivity index (χ0) is 32.4. The van der Waals surface area contributed by atoms with E-state index in [0.717, 1.165) is 12.8 Å². The van der Waals surface area contributed by atoms with Crippen LogP contribution >= 0.6 is 0 Å². The normalized spacial score (nSPS) is 21.2. The van der Waals surface area contributed by atoms with Crippen LogP contribution in [0.4, 0.5) is 10.5 Å². The SMILES string of the molecule is CC(C)NC(=O)Nc1ccc2c(c1)C(=O)N([C@@H](C)CO)C[C@@H](C)[C@H](CN(C)S(=O)(=O)c1ccccc1)OCCCC[C@@H](C)O2. The molecular formula is C32H48N4O7S. The van der Waals surface area contributed by atoms with Gasteiger partial charge in [0.1, 0.15) is 5.75 Å². The summed E-state index contributed by atoms with van der Waals surface area (Å²) in [6, 6.07) is 12.2. The summed E-state index contributed by atoms with van der Waals surface area (Å²) in [6.45, 7) is 9.71. The Balaban J connectivity index is 1.96. The molecule has 11 nitrogen and oxygen atoms in total. The molecule has 244 valence electrons. The van der Waals surface area contributed by atoms with Crippen LogP contribution in [0.15, 0.2) is 53.4 Å². The fourth-order valence-electron chi connectivity index (χ4n) is 5.02. The molecule has 0 saturated carbocycles. The monoisotopic (exact) mass is 632 g/mol. The Bertz CT molecular complexity index is 1340. The van der Waals surface area contributed by atoms with E-state index in [9.17, 15) is 23.1 Å². The highest BCUT2D eigenvalue weighted by atomic mass is 32.2. The molecule has 3 amide bonds. The fraction of sp³-hybridized carbons (Fsp3) is 0.562. The van der Waals surface area contributed by atoms with E-state index < -0.39 is 28.2 Å². The molecule has 1 aliphatic heterocycles. The molecule has 1 heterocycles. The molecule has 0 aliphatic carbocycles. The average Bonchev–Trinajstić information content (AvgIpc) is 2.98. The topological polar surface area (TPSA) is 138 Å². The molecule has 3 rings (SSSR count). The standard InChI is InChI=1S/C32H48N4O7S/c1-22(2)33-32(39)34-26-15-16-29-28(18-26)31(38)36(24(4)21-37)19-23(3)30(42-17-11-10-12-25(5)43-29)20-35(6)44(40,41)27-13-8-7-9-14-27/h7-9,13-16,18,22-25,30,37H,10-12,17,19-21H2,1-6H3,(H2,33,34,39)/t23-,24+,25-,30+/m1/s1. The van der Waals surface area contributed by atoms with Gasteiger partial charge in [-0.05, 0) is 77.3 Å². The first-order valence-electron chi connectivity index (χ1n) is 15.3. The van der Waals surface area contributed by atoms with E-state index in [-0.39, 0.29) is 54.1 Å². The summed E-state index contributed by atoms with van der Waals surface area (Å²) in [5, 5.41) is 15.7. The van der Waals surface area contributed by atoms with Crippen molar-refractivity contribution in [2.24, 2.45) is 5.92 Å². The van der Waals surface area contributed by atoms with Crippen LogP contribution in [0.25, 0.3) is 0 Å². The van der Waals surface area contributed by atoms with Crippen molar-refractivity contribution in [3.8, 4) is 5.75 Å². The van der Waals surface area contributed by atoms with Gasteiger partial charge >= 0.3 is 6.03 Å². The molecular weight excluding hydrogens is 584 g/mol. The van der Waals surface area contributed by atoms with Crippen LogP contribution in [0.1, 0.15) is 64.2 Å². The molecule has 4 atom stereocenters. The lowest BCUT2D eigenvalue weighted by Gasteiger charge is -2.35. The van der Waals surface area contributed by atoms with E-state index in [1.54, 1.807) is 60.4 Å². The molecule has 3 N–H and O–H groups in total. The smallest absolute Gasteiger partial charge is 0.319 e. The van der Waals surface area contributed by atoms with Crippen molar-refractivity contribution < 1.29 is 32.6 Å². The number of urea groups is 1. The maximum atomic E-state index is 14.2. The lowest BCUT2D eigenvalue weighted by molar-refractivity contribution is -0.00833. The van der Waals surface area contributed by atoms with Crippen LogP contribution in [0.3, 0.4) is 0 Å². The van der Waals surface area contributed by atoms with Gasteiger partial charge in [-0.2, -0.15) is 4.31 Å². The molecule has 0 saturated heterocycles. The number of nitrogens with zero attached hydrogens (tertiary/aromatic N) is 2. The number of fused-ring (bicyclic) bond motifs is 1. The summed E-state index contributed by atoms with van der Waals surface area (Å²) in [6.07, 6.45) is 1.55. The highest BCUT2D eigenvalue weighted by Gasteiger charge is 2.32. The highest BCUT2D eigenvalue weighted by molar-refractivity contribution is 7.89. The van der Waals surface area contributed by atoms with Crippen molar-refractivity contribution in [1.29, 1.82) is 0 Å². The molecule has 0 bridgehead atoms. The predicted octanol–water partition coefficient (Wildman–Crippen LogP) is 4.33. The Morgan fingerprint density at radius 3 is 2.48 bits per heavy atom. The Kier molecular flexibility index (Phi) is 13.0. The molecule has 0 radical (unpaired) electrons. The van der Waals surface area contributed by atoms with Crippen LogP contribution in [0.5, 0.6) is 5.75 Å². The number of sulfonamides is 1. The second-order valence-corrected chi connectivity index (χ2v) is 13.9.